The summed E-state index contributed by atoms with van der Waals surface area (Å²) in [5, 5.41) is 3.00. The highest BCUT2D eigenvalue weighted by molar-refractivity contribution is 8.00. The summed E-state index contributed by atoms with van der Waals surface area (Å²) in [6.07, 6.45) is 3.41. The van der Waals surface area contributed by atoms with Crippen LogP contribution < -0.4 is 10.2 Å². The van der Waals surface area contributed by atoms with Crippen LogP contribution in [0, 0.1) is 6.92 Å². The minimum atomic E-state index is -0.0474. The number of rotatable bonds is 7. The molecule has 7 heteroatoms. The van der Waals surface area contributed by atoms with Gasteiger partial charge in [-0.3, -0.25) is 9.59 Å². The van der Waals surface area contributed by atoms with Gasteiger partial charge in [-0.2, -0.15) is 0 Å². The molecule has 0 radical (unpaired) electrons. The fourth-order valence-corrected chi connectivity index (χ4v) is 4.68. The average molecular weight is 419 g/mol. The number of nitrogens with zero attached hydrogens (tertiary/aromatic N) is 3. The van der Waals surface area contributed by atoms with Crippen LogP contribution in [0.5, 0.6) is 0 Å². The van der Waals surface area contributed by atoms with Gasteiger partial charge in [-0.05, 0) is 56.5 Å². The summed E-state index contributed by atoms with van der Waals surface area (Å²) in [5.74, 6) is 0.800. The molecule has 0 aromatic heterocycles. The molecule has 1 aromatic rings. The quantitative estimate of drug-likeness (QED) is 0.738. The predicted octanol–water partition coefficient (Wildman–Crippen LogP) is 2.82. The number of nitrogens with one attached hydrogen (secondary N) is 1. The molecule has 2 saturated heterocycles. The van der Waals surface area contributed by atoms with E-state index in [0.717, 1.165) is 69.9 Å². The summed E-state index contributed by atoms with van der Waals surface area (Å²) in [6.45, 7) is 11.4. The van der Waals surface area contributed by atoms with Gasteiger partial charge >= 0.3 is 0 Å². The maximum absolute atomic E-state index is 12.3. The summed E-state index contributed by atoms with van der Waals surface area (Å²) < 4.78 is 0. The Hall–Kier alpha value is -1.73. The first-order valence-corrected chi connectivity index (χ1v) is 12.0. The molecule has 2 aliphatic heterocycles. The van der Waals surface area contributed by atoms with E-state index in [2.05, 4.69) is 34.2 Å². The van der Waals surface area contributed by atoms with E-state index >= 15 is 0 Å². The summed E-state index contributed by atoms with van der Waals surface area (Å²) >= 11 is 1.40. The number of hydrogen-bond donors (Lipinski definition) is 1. The highest BCUT2D eigenvalue weighted by Gasteiger charge is 2.18. The second-order valence-corrected chi connectivity index (χ2v) is 8.89. The van der Waals surface area contributed by atoms with Crippen molar-refractivity contribution < 1.29 is 9.59 Å². The van der Waals surface area contributed by atoms with Crippen LogP contribution in [-0.2, 0) is 9.59 Å². The van der Waals surface area contributed by atoms with Gasteiger partial charge in [-0.25, -0.2) is 0 Å². The number of piperidine rings is 1. The van der Waals surface area contributed by atoms with Crippen molar-refractivity contribution in [2.45, 2.75) is 33.1 Å². The van der Waals surface area contributed by atoms with Crippen LogP contribution >= 0.6 is 11.8 Å². The lowest BCUT2D eigenvalue weighted by Crippen LogP contribution is -2.46. The number of likely N-dealkylation sites (N-methyl/N-ethyl adjacent to an activating group) is 1. The van der Waals surface area contributed by atoms with E-state index in [9.17, 15) is 9.59 Å². The summed E-state index contributed by atoms with van der Waals surface area (Å²) in [4.78, 5) is 31.3. The number of carbonyl (C=O) groups is 2. The smallest absolute Gasteiger partial charge is 0.234 e. The Morgan fingerprint density at radius 3 is 2.38 bits per heavy atom. The standard InChI is InChI=1S/C22H34N4O2S/c1-3-24-11-13-25(14-12-24)19-7-8-20(18(2)15-19)23-21(27)16-29-17-22(28)26-9-5-4-6-10-26/h7-8,15H,3-6,9-14,16-17H2,1-2H3,(H,23,27). The molecule has 2 fully saturated rings. The van der Waals surface area contributed by atoms with Crippen molar-refractivity contribution >= 4 is 35.0 Å². The Bertz CT molecular complexity index is 698. The highest BCUT2D eigenvalue weighted by atomic mass is 32.2. The van der Waals surface area contributed by atoms with Crippen molar-refractivity contribution in [1.29, 1.82) is 0 Å². The summed E-state index contributed by atoms with van der Waals surface area (Å²) in [7, 11) is 0. The van der Waals surface area contributed by atoms with Gasteiger partial charge in [-0.1, -0.05) is 6.92 Å². The number of piperazine rings is 1. The molecule has 0 bridgehead atoms. The zero-order valence-corrected chi connectivity index (χ0v) is 18.6. The Kier molecular flexibility index (Phi) is 8.24. The third kappa shape index (κ3) is 6.37. The number of hydrogen-bond acceptors (Lipinski definition) is 5. The van der Waals surface area contributed by atoms with Gasteiger partial charge in [0.05, 0.1) is 11.5 Å². The van der Waals surface area contributed by atoms with E-state index in [0.29, 0.717) is 11.5 Å². The van der Waals surface area contributed by atoms with Crippen LogP contribution in [0.15, 0.2) is 18.2 Å². The fraction of sp³-hybridized carbons (Fsp3) is 0.636. The Balaban J connectivity index is 1.43. The second-order valence-electron chi connectivity index (χ2n) is 7.90. The van der Waals surface area contributed by atoms with Gasteiger partial charge in [0, 0.05) is 50.6 Å². The van der Waals surface area contributed by atoms with Crippen LogP contribution in [-0.4, -0.2) is 78.9 Å². The lowest BCUT2D eigenvalue weighted by Gasteiger charge is -2.35. The van der Waals surface area contributed by atoms with Gasteiger partial charge in [0.2, 0.25) is 11.8 Å². The second kappa shape index (κ2) is 10.9. The van der Waals surface area contributed by atoms with Gasteiger partial charge in [0.25, 0.3) is 0 Å². The third-order valence-corrected chi connectivity index (χ3v) is 6.75. The molecule has 2 amide bonds. The molecular formula is C22H34N4O2S. The molecule has 29 heavy (non-hydrogen) atoms. The molecule has 0 atom stereocenters. The van der Waals surface area contributed by atoms with E-state index in [1.54, 1.807) is 0 Å². The molecule has 2 aliphatic rings. The summed E-state index contributed by atoms with van der Waals surface area (Å²) in [6, 6.07) is 6.25. The van der Waals surface area contributed by atoms with Crippen LogP contribution in [0.2, 0.25) is 0 Å². The lowest BCUT2D eigenvalue weighted by atomic mass is 10.1. The average Bonchev–Trinajstić information content (AvgIpc) is 2.75. The van der Waals surface area contributed by atoms with Crippen LogP contribution in [0.25, 0.3) is 0 Å². The molecule has 2 heterocycles. The van der Waals surface area contributed by atoms with E-state index in [4.69, 9.17) is 0 Å². The monoisotopic (exact) mass is 418 g/mol. The molecule has 0 aliphatic carbocycles. The Morgan fingerprint density at radius 1 is 1.00 bits per heavy atom. The fourth-order valence-electron chi connectivity index (χ4n) is 3.96. The SMILES string of the molecule is CCN1CCN(c2ccc(NC(=O)CSCC(=O)N3CCCCC3)c(C)c2)CC1. The normalized spacial score (nSPS) is 18.0. The maximum atomic E-state index is 12.3. The molecule has 0 saturated carbocycles. The molecular weight excluding hydrogens is 384 g/mol. The molecule has 3 rings (SSSR count). The van der Waals surface area contributed by atoms with Gasteiger partial charge in [-0.15, -0.1) is 11.8 Å². The van der Waals surface area contributed by atoms with Crippen molar-refractivity contribution in [3.63, 3.8) is 0 Å². The van der Waals surface area contributed by atoms with Crippen molar-refractivity contribution in [2.75, 3.05) is 67.5 Å². The van der Waals surface area contributed by atoms with E-state index in [1.165, 1.54) is 23.9 Å². The maximum Gasteiger partial charge on any atom is 0.234 e. The molecule has 6 nitrogen and oxygen atoms in total. The van der Waals surface area contributed by atoms with Crippen molar-refractivity contribution in [2.24, 2.45) is 0 Å². The number of carbonyl (C=O) groups excluding carboxylic acids is 2. The zero-order valence-electron chi connectivity index (χ0n) is 17.8. The molecule has 0 unspecified atom stereocenters. The van der Waals surface area contributed by atoms with Crippen LogP contribution in [0.3, 0.4) is 0 Å². The first-order valence-electron chi connectivity index (χ1n) is 10.8. The minimum absolute atomic E-state index is 0.0474. The Morgan fingerprint density at radius 2 is 1.72 bits per heavy atom. The number of thioether (sulfide) groups is 1. The molecule has 1 aromatic carbocycles. The van der Waals surface area contributed by atoms with Crippen molar-refractivity contribution in [3.8, 4) is 0 Å². The molecule has 160 valence electrons. The van der Waals surface area contributed by atoms with E-state index in [1.807, 2.05) is 17.9 Å². The minimum Gasteiger partial charge on any atom is -0.369 e. The van der Waals surface area contributed by atoms with Crippen molar-refractivity contribution in [1.82, 2.24) is 9.80 Å². The number of likely N-dealkylation sites (tertiary alicyclic amines) is 1. The number of aryl methyl sites for hydroxylation is 1. The lowest BCUT2D eigenvalue weighted by molar-refractivity contribution is -0.129. The zero-order chi connectivity index (χ0) is 20.6. The van der Waals surface area contributed by atoms with Crippen LogP contribution in [0.4, 0.5) is 11.4 Å². The van der Waals surface area contributed by atoms with Crippen LogP contribution in [0.1, 0.15) is 31.7 Å². The van der Waals surface area contributed by atoms with Gasteiger partial charge < -0.3 is 20.0 Å². The largest absolute Gasteiger partial charge is 0.369 e. The van der Waals surface area contributed by atoms with E-state index in [-0.39, 0.29) is 11.8 Å². The molecule has 0 spiro atoms. The van der Waals surface area contributed by atoms with Crippen molar-refractivity contribution in [3.05, 3.63) is 23.8 Å². The number of anilines is 2. The Labute approximate surface area is 179 Å². The summed E-state index contributed by atoms with van der Waals surface area (Å²) in [5.41, 5.74) is 3.15. The highest BCUT2D eigenvalue weighted by Crippen LogP contribution is 2.24. The first kappa shape index (κ1) is 22.0. The topological polar surface area (TPSA) is 55.9 Å². The van der Waals surface area contributed by atoms with Gasteiger partial charge in [0.1, 0.15) is 0 Å². The third-order valence-electron chi connectivity index (χ3n) is 5.84. The predicted molar refractivity (Wildman–Crippen MR) is 122 cm³/mol. The molecule has 1 N–H and O–H groups in total. The van der Waals surface area contributed by atoms with Gasteiger partial charge in [0.15, 0.2) is 0 Å². The van der Waals surface area contributed by atoms with E-state index < -0.39 is 0 Å². The number of amides is 2. The number of benzene rings is 1. The first-order chi connectivity index (χ1) is 14.1.